The van der Waals surface area contributed by atoms with Gasteiger partial charge in [0.25, 0.3) is 0 Å². The van der Waals surface area contributed by atoms with Crippen molar-refractivity contribution >= 4 is 17.0 Å². The first-order valence-corrected chi connectivity index (χ1v) is 10.9. The minimum absolute atomic E-state index is 0.0721. The summed E-state index contributed by atoms with van der Waals surface area (Å²) in [4.78, 5) is 13.1. The summed E-state index contributed by atoms with van der Waals surface area (Å²) in [5, 5.41) is 21.8. The number of aliphatic hydroxyl groups is 1. The van der Waals surface area contributed by atoms with E-state index in [4.69, 9.17) is 9.84 Å². The maximum atomic E-state index is 9.38. The third kappa shape index (κ3) is 5.10. The Morgan fingerprint density at radius 3 is 2.79 bits per heavy atom. The fourth-order valence-corrected chi connectivity index (χ4v) is 3.62. The number of benzene rings is 2. The molecule has 0 aliphatic heterocycles. The van der Waals surface area contributed by atoms with Gasteiger partial charge in [0.2, 0.25) is 5.82 Å². The predicted molar refractivity (Wildman–Crippen MR) is 127 cm³/mol. The number of hydrogen-bond acceptors (Lipinski definition) is 7. The second-order valence-corrected chi connectivity index (χ2v) is 7.91. The number of hydrogen-bond donors (Lipinski definition) is 2. The second kappa shape index (κ2) is 10.1. The standard InChI is InChI=1S/C25H26N6O2/c1-17(2)33-21-10-4-3-9-20(21)19-8-5-7-18(13-19)15-27-24-23-25(30-22(14-26)29-24)31(16-28-23)11-6-12-32/h3-5,7-10,13,16-17,32H,6,11-12,15H2,1-2H3,(H,27,29,30). The largest absolute Gasteiger partial charge is 0.490 e. The number of nitrogens with zero attached hydrogens (tertiary/aromatic N) is 5. The molecule has 0 fully saturated rings. The normalized spacial score (nSPS) is 11.0. The average Bonchev–Trinajstić information content (AvgIpc) is 3.24. The van der Waals surface area contributed by atoms with E-state index in [9.17, 15) is 5.26 Å². The van der Waals surface area contributed by atoms with Crippen LogP contribution < -0.4 is 10.1 Å². The van der Waals surface area contributed by atoms with Crippen molar-refractivity contribution in [2.24, 2.45) is 0 Å². The first kappa shape index (κ1) is 22.2. The molecule has 0 bridgehead atoms. The van der Waals surface area contributed by atoms with Crippen LogP contribution in [0.1, 0.15) is 31.7 Å². The monoisotopic (exact) mass is 442 g/mol. The van der Waals surface area contributed by atoms with Crippen LogP contribution in [0, 0.1) is 11.3 Å². The minimum atomic E-state index is 0.0721. The third-order valence-corrected chi connectivity index (χ3v) is 5.07. The van der Waals surface area contributed by atoms with Crippen molar-refractivity contribution in [3.63, 3.8) is 0 Å². The van der Waals surface area contributed by atoms with Gasteiger partial charge in [0.05, 0.1) is 12.4 Å². The Bertz CT molecular complexity index is 1290. The van der Waals surface area contributed by atoms with E-state index in [2.05, 4.69) is 38.5 Å². The Balaban J connectivity index is 1.60. The lowest BCUT2D eigenvalue weighted by molar-refractivity contribution is 0.243. The second-order valence-electron chi connectivity index (χ2n) is 7.91. The lowest BCUT2D eigenvalue weighted by Gasteiger charge is -2.15. The Hall–Kier alpha value is -3.96. The number of aliphatic hydroxyl groups excluding tert-OH is 1. The fourth-order valence-electron chi connectivity index (χ4n) is 3.62. The third-order valence-electron chi connectivity index (χ3n) is 5.07. The van der Waals surface area contributed by atoms with E-state index in [0.29, 0.717) is 36.5 Å². The molecule has 0 radical (unpaired) electrons. The van der Waals surface area contributed by atoms with Gasteiger partial charge in [0, 0.05) is 25.3 Å². The molecule has 2 N–H and O–H groups in total. The number of ether oxygens (including phenoxy) is 1. The van der Waals surface area contributed by atoms with Crippen molar-refractivity contribution in [1.82, 2.24) is 19.5 Å². The van der Waals surface area contributed by atoms with Crippen LogP contribution in [0.3, 0.4) is 0 Å². The van der Waals surface area contributed by atoms with E-state index in [-0.39, 0.29) is 18.5 Å². The number of aromatic nitrogens is 4. The van der Waals surface area contributed by atoms with E-state index in [0.717, 1.165) is 22.4 Å². The van der Waals surface area contributed by atoms with Gasteiger partial charge in [0.1, 0.15) is 11.8 Å². The average molecular weight is 443 g/mol. The fraction of sp³-hybridized carbons (Fsp3) is 0.280. The quantitative estimate of drug-likeness (QED) is 0.401. The molecule has 0 spiro atoms. The molecule has 4 aromatic rings. The number of aryl methyl sites for hydroxylation is 1. The Kier molecular flexibility index (Phi) is 6.81. The van der Waals surface area contributed by atoms with Crippen LogP contribution in [0.4, 0.5) is 5.82 Å². The first-order valence-electron chi connectivity index (χ1n) is 10.9. The van der Waals surface area contributed by atoms with Crippen molar-refractivity contribution in [3.8, 4) is 22.9 Å². The summed E-state index contributed by atoms with van der Waals surface area (Å²) < 4.78 is 7.81. The van der Waals surface area contributed by atoms with Gasteiger partial charge in [0.15, 0.2) is 17.0 Å². The smallest absolute Gasteiger partial charge is 0.236 e. The van der Waals surface area contributed by atoms with Crippen molar-refractivity contribution < 1.29 is 9.84 Å². The van der Waals surface area contributed by atoms with Gasteiger partial charge in [-0.2, -0.15) is 15.2 Å². The highest BCUT2D eigenvalue weighted by molar-refractivity contribution is 5.83. The summed E-state index contributed by atoms with van der Waals surface area (Å²) in [6, 6.07) is 18.2. The molecule has 4 rings (SSSR count). The van der Waals surface area contributed by atoms with Gasteiger partial charge in [-0.1, -0.05) is 36.4 Å². The summed E-state index contributed by atoms with van der Waals surface area (Å²) in [6.07, 6.45) is 2.32. The number of imidazole rings is 1. The van der Waals surface area contributed by atoms with Crippen LogP contribution in [0.5, 0.6) is 5.75 Å². The van der Waals surface area contributed by atoms with Crippen molar-refractivity contribution in [3.05, 3.63) is 66.2 Å². The van der Waals surface area contributed by atoms with E-state index in [1.807, 2.05) is 54.8 Å². The molecule has 0 aliphatic carbocycles. The molecule has 0 saturated heterocycles. The van der Waals surface area contributed by atoms with Crippen LogP contribution in [0.2, 0.25) is 0 Å². The molecule has 2 heterocycles. The van der Waals surface area contributed by atoms with Gasteiger partial charge >= 0.3 is 0 Å². The topological polar surface area (TPSA) is 109 Å². The van der Waals surface area contributed by atoms with Crippen molar-refractivity contribution in [1.29, 1.82) is 5.26 Å². The van der Waals surface area contributed by atoms with E-state index >= 15 is 0 Å². The van der Waals surface area contributed by atoms with E-state index in [1.165, 1.54) is 0 Å². The highest BCUT2D eigenvalue weighted by atomic mass is 16.5. The molecule has 0 saturated carbocycles. The molecule has 0 amide bonds. The first-order chi connectivity index (χ1) is 16.1. The summed E-state index contributed by atoms with van der Waals surface area (Å²) in [7, 11) is 0. The maximum absolute atomic E-state index is 9.38. The van der Waals surface area contributed by atoms with Crippen molar-refractivity contribution in [2.45, 2.75) is 39.5 Å². The van der Waals surface area contributed by atoms with E-state index in [1.54, 1.807) is 6.33 Å². The molecular weight excluding hydrogens is 416 g/mol. The van der Waals surface area contributed by atoms with Gasteiger partial charge in [-0.25, -0.2) is 4.98 Å². The minimum Gasteiger partial charge on any atom is -0.490 e. The molecule has 8 nitrogen and oxygen atoms in total. The van der Waals surface area contributed by atoms with Crippen molar-refractivity contribution in [2.75, 3.05) is 11.9 Å². The Morgan fingerprint density at radius 1 is 1.15 bits per heavy atom. The lowest BCUT2D eigenvalue weighted by atomic mass is 10.0. The molecule has 33 heavy (non-hydrogen) atoms. The summed E-state index contributed by atoms with van der Waals surface area (Å²) in [5.41, 5.74) is 4.32. The van der Waals surface area contributed by atoms with Gasteiger partial charge in [-0.3, -0.25) is 0 Å². The SMILES string of the molecule is CC(C)Oc1ccccc1-c1cccc(CNc2nc(C#N)nc3c2ncn3CCCO)c1. The highest BCUT2D eigenvalue weighted by Crippen LogP contribution is 2.31. The number of nitrogens with one attached hydrogen (secondary N) is 1. The van der Waals surface area contributed by atoms with Gasteiger partial charge < -0.3 is 19.7 Å². The van der Waals surface area contributed by atoms with Crippen LogP contribution in [-0.4, -0.2) is 37.3 Å². The number of rotatable bonds is 9. The van der Waals surface area contributed by atoms with Crippen LogP contribution in [0.25, 0.3) is 22.3 Å². The zero-order valence-corrected chi connectivity index (χ0v) is 18.7. The molecule has 2 aromatic carbocycles. The zero-order valence-electron chi connectivity index (χ0n) is 18.7. The molecule has 0 unspecified atom stereocenters. The van der Waals surface area contributed by atoms with Gasteiger partial charge in [-0.15, -0.1) is 0 Å². The molecule has 0 atom stereocenters. The summed E-state index contributed by atoms with van der Waals surface area (Å²) in [5.74, 6) is 1.43. The number of para-hydroxylation sites is 1. The molecular formula is C25H26N6O2. The lowest BCUT2D eigenvalue weighted by Crippen LogP contribution is -2.07. The molecule has 8 heteroatoms. The zero-order chi connectivity index (χ0) is 23.2. The molecule has 2 aromatic heterocycles. The Labute approximate surface area is 192 Å². The van der Waals surface area contributed by atoms with Gasteiger partial charge in [-0.05, 0) is 43.5 Å². The highest BCUT2D eigenvalue weighted by Gasteiger charge is 2.14. The predicted octanol–water partition coefficient (Wildman–Crippen LogP) is 4.15. The number of fused-ring (bicyclic) bond motifs is 1. The van der Waals surface area contributed by atoms with Crippen LogP contribution >= 0.6 is 0 Å². The number of nitriles is 1. The molecule has 168 valence electrons. The summed E-state index contributed by atoms with van der Waals surface area (Å²) in [6.45, 7) is 5.17. The van der Waals surface area contributed by atoms with E-state index < -0.39 is 0 Å². The Morgan fingerprint density at radius 2 is 2.00 bits per heavy atom. The summed E-state index contributed by atoms with van der Waals surface area (Å²) >= 11 is 0. The van der Waals surface area contributed by atoms with Crippen LogP contribution in [-0.2, 0) is 13.1 Å². The maximum Gasteiger partial charge on any atom is 0.236 e. The number of anilines is 1. The van der Waals surface area contributed by atoms with Crippen LogP contribution in [0.15, 0.2) is 54.9 Å². The molecule has 0 aliphatic rings.